The normalized spacial score (nSPS) is 11.5. The van der Waals surface area contributed by atoms with Gasteiger partial charge < -0.3 is 9.97 Å². The number of non-ortho nitro benzene ring substituents is 2. The Morgan fingerprint density at radius 1 is 0.857 bits per heavy atom. The monoisotopic (exact) mass is 378 g/mol. The van der Waals surface area contributed by atoms with E-state index >= 15 is 0 Å². The summed E-state index contributed by atoms with van der Waals surface area (Å²) in [6.07, 6.45) is 5.47. The molecule has 0 amide bonds. The van der Waals surface area contributed by atoms with Gasteiger partial charge in [0.1, 0.15) is 0 Å². The van der Waals surface area contributed by atoms with Crippen LogP contribution in [0, 0.1) is 20.2 Å². The highest BCUT2D eigenvalue weighted by Crippen LogP contribution is 2.39. The van der Waals surface area contributed by atoms with Gasteiger partial charge in [0.05, 0.1) is 9.85 Å². The first-order chi connectivity index (χ1) is 13.5. The quantitative estimate of drug-likeness (QED) is 0.345. The maximum absolute atomic E-state index is 11.2. The molecule has 0 bridgehead atoms. The average Bonchev–Trinajstić information content (AvgIpc) is 3.29. The third-order valence-corrected chi connectivity index (χ3v) is 5.14. The van der Waals surface area contributed by atoms with Crippen LogP contribution in [-0.4, -0.2) is 19.8 Å². The Hall–Kier alpha value is -3.68. The van der Waals surface area contributed by atoms with Crippen LogP contribution in [-0.2, 0) is 0 Å². The first kappa shape index (κ1) is 17.7. The maximum atomic E-state index is 11.2. The second-order valence-electron chi connectivity index (χ2n) is 6.80. The second-order valence-corrected chi connectivity index (χ2v) is 6.80. The molecule has 0 aliphatic heterocycles. The van der Waals surface area contributed by atoms with Crippen molar-refractivity contribution in [2.24, 2.45) is 0 Å². The molecule has 2 N–H and O–H groups in total. The number of nitrogens with one attached hydrogen (secondary N) is 2. The van der Waals surface area contributed by atoms with Crippen molar-refractivity contribution in [3.05, 3.63) is 80.1 Å². The van der Waals surface area contributed by atoms with Gasteiger partial charge in [-0.3, -0.25) is 20.2 Å². The molecular formula is C20H18N4O4. The van der Waals surface area contributed by atoms with E-state index in [0.717, 1.165) is 45.8 Å². The highest BCUT2D eigenvalue weighted by atomic mass is 16.6. The summed E-state index contributed by atoms with van der Waals surface area (Å²) >= 11 is 0. The Bertz CT molecular complexity index is 1120. The number of benzene rings is 2. The van der Waals surface area contributed by atoms with Gasteiger partial charge in [-0.1, -0.05) is 13.3 Å². The number of fused-ring (bicyclic) bond motifs is 2. The SMILES string of the molecule is CCCC(c1c[nH]c2ccc([N+](=O)[O-])cc12)c1c[nH]c2ccc([N+](=O)[O-])cc12. The van der Waals surface area contributed by atoms with Crippen molar-refractivity contribution in [3.63, 3.8) is 0 Å². The molecule has 0 saturated heterocycles. The van der Waals surface area contributed by atoms with Crippen molar-refractivity contribution in [2.75, 3.05) is 0 Å². The largest absolute Gasteiger partial charge is 0.361 e. The number of hydrogen-bond acceptors (Lipinski definition) is 4. The lowest BCUT2D eigenvalue weighted by Gasteiger charge is -2.15. The topological polar surface area (TPSA) is 118 Å². The van der Waals surface area contributed by atoms with Crippen LogP contribution in [0.1, 0.15) is 36.8 Å². The van der Waals surface area contributed by atoms with Crippen LogP contribution in [0.4, 0.5) is 11.4 Å². The first-order valence-corrected chi connectivity index (χ1v) is 9.00. The minimum absolute atomic E-state index is 0.0400. The molecule has 2 aromatic carbocycles. The Kier molecular flexibility index (Phi) is 4.31. The predicted molar refractivity (Wildman–Crippen MR) is 107 cm³/mol. The maximum Gasteiger partial charge on any atom is 0.270 e. The van der Waals surface area contributed by atoms with Gasteiger partial charge in [-0.2, -0.15) is 0 Å². The summed E-state index contributed by atoms with van der Waals surface area (Å²) in [4.78, 5) is 28.0. The number of H-pyrrole nitrogens is 2. The lowest BCUT2D eigenvalue weighted by molar-refractivity contribution is -0.384. The highest BCUT2D eigenvalue weighted by Gasteiger charge is 2.23. The zero-order chi connectivity index (χ0) is 19.8. The van der Waals surface area contributed by atoms with Crippen molar-refractivity contribution in [1.82, 2.24) is 9.97 Å². The fourth-order valence-corrected chi connectivity index (χ4v) is 3.83. The molecule has 0 atom stereocenters. The van der Waals surface area contributed by atoms with Gasteiger partial charge in [0.25, 0.3) is 11.4 Å². The van der Waals surface area contributed by atoms with E-state index < -0.39 is 9.85 Å². The van der Waals surface area contributed by atoms with E-state index in [-0.39, 0.29) is 17.3 Å². The molecule has 0 spiro atoms. The number of hydrogen-bond donors (Lipinski definition) is 2. The number of rotatable bonds is 6. The summed E-state index contributed by atoms with van der Waals surface area (Å²) in [7, 11) is 0. The van der Waals surface area contributed by atoms with Gasteiger partial charge in [-0.05, 0) is 29.7 Å². The van der Waals surface area contributed by atoms with Gasteiger partial charge in [0.15, 0.2) is 0 Å². The Labute approximate surface area is 159 Å². The molecule has 8 nitrogen and oxygen atoms in total. The summed E-state index contributed by atoms with van der Waals surface area (Å²) in [6, 6.07) is 9.54. The van der Waals surface area contributed by atoms with Crippen molar-refractivity contribution in [2.45, 2.75) is 25.7 Å². The van der Waals surface area contributed by atoms with Crippen molar-refractivity contribution >= 4 is 33.2 Å². The molecule has 0 saturated carbocycles. The standard InChI is InChI=1S/C20H18N4O4/c1-2-3-14(17-10-21-19-6-4-12(23(25)26)8-15(17)19)18-11-22-20-7-5-13(24(27)28)9-16(18)20/h4-11,14,21-22H,2-3H2,1H3. The molecule has 28 heavy (non-hydrogen) atoms. The molecule has 2 aromatic heterocycles. The van der Waals surface area contributed by atoms with Crippen LogP contribution in [0.5, 0.6) is 0 Å². The molecule has 8 heteroatoms. The van der Waals surface area contributed by atoms with Crippen LogP contribution in [0.2, 0.25) is 0 Å². The van der Waals surface area contributed by atoms with E-state index in [9.17, 15) is 20.2 Å². The fourth-order valence-electron chi connectivity index (χ4n) is 3.83. The van der Waals surface area contributed by atoms with Crippen LogP contribution in [0.3, 0.4) is 0 Å². The van der Waals surface area contributed by atoms with Crippen LogP contribution in [0.15, 0.2) is 48.8 Å². The molecule has 0 aliphatic carbocycles. The Morgan fingerprint density at radius 3 is 1.71 bits per heavy atom. The van der Waals surface area contributed by atoms with Crippen molar-refractivity contribution < 1.29 is 9.85 Å². The van der Waals surface area contributed by atoms with E-state index in [1.165, 1.54) is 12.1 Å². The van der Waals surface area contributed by atoms with Crippen LogP contribution in [0.25, 0.3) is 21.8 Å². The summed E-state index contributed by atoms with van der Waals surface area (Å²) in [6.45, 7) is 2.07. The van der Waals surface area contributed by atoms with Crippen LogP contribution < -0.4 is 0 Å². The molecule has 4 rings (SSSR count). The van der Waals surface area contributed by atoms with Gasteiger partial charge in [0.2, 0.25) is 0 Å². The molecule has 4 aromatic rings. The first-order valence-electron chi connectivity index (χ1n) is 9.00. The van der Waals surface area contributed by atoms with E-state index in [2.05, 4.69) is 16.9 Å². The molecule has 0 aliphatic rings. The number of aromatic amines is 2. The number of nitro groups is 2. The number of aromatic nitrogens is 2. The summed E-state index contributed by atoms with van der Waals surface area (Å²) in [5.74, 6) is -0.0449. The summed E-state index contributed by atoms with van der Waals surface area (Å²) in [5.41, 5.74) is 3.64. The van der Waals surface area contributed by atoms with E-state index in [0.29, 0.717) is 0 Å². The minimum Gasteiger partial charge on any atom is -0.361 e. The minimum atomic E-state index is -0.403. The zero-order valence-electron chi connectivity index (χ0n) is 15.1. The smallest absolute Gasteiger partial charge is 0.270 e. The molecule has 0 unspecified atom stereocenters. The Balaban J connectivity index is 1.91. The molecule has 0 fully saturated rings. The summed E-state index contributed by atoms with van der Waals surface area (Å²) in [5, 5.41) is 24.0. The third-order valence-electron chi connectivity index (χ3n) is 5.14. The average molecular weight is 378 g/mol. The zero-order valence-corrected chi connectivity index (χ0v) is 15.1. The fraction of sp³-hybridized carbons (Fsp3) is 0.200. The molecule has 142 valence electrons. The highest BCUT2D eigenvalue weighted by molar-refractivity contribution is 5.90. The molecule has 2 heterocycles. The van der Waals surface area contributed by atoms with E-state index in [4.69, 9.17) is 0 Å². The third kappa shape index (κ3) is 2.88. The van der Waals surface area contributed by atoms with E-state index in [1.54, 1.807) is 24.3 Å². The molecule has 0 radical (unpaired) electrons. The number of nitrogens with zero attached hydrogens (tertiary/aromatic N) is 2. The molecular weight excluding hydrogens is 360 g/mol. The lowest BCUT2D eigenvalue weighted by atomic mass is 9.87. The second kappa shape index (κ2) is 6.80. The van der Waals surface area contributed by atoms with Gasteiger partial charge in [-0.15, -0.1) is 0 Å². The summed E-state index contributed by atoms with van der Waals surface area (Å²) < 4.78 is 0. The predicted octanol–water partition coefficient (Wildman–Crippen LogP) is 5.40. The number of nitro benzene ring substituents is 2. The van der Waals surface area contributed by atoms with Crippen molar-refractivity contribution in [3.8, 4) is 0 Å². The van der Waals surface area contributed by atoms with Crippen molar-refractivity contribution in [1.29, 1.82) is 0 Å². The van der Waals surface area contributed by atoms with Gasteiger partial charge in [-0.25, -0.2) is 0 Å². The van der Waals surface area contributed by atoms with Gasteiger partial charge in [0, 0.05) is 64.4 Å². The van der Waals surface area contributed by atoms with Crippen LogP contribution >= 0.6 is 0 Å². The Morgan fingerprint density at radius 2 is 1.32 bits per heavy atom. The van der Waals surface area contributed by atoms with E-state index in [1.807, 2.05) is 12.4 Å². The van der Waals surface area contributed by atoms with Gasteiger partial charge >= 0.3 is 0 Å². The lowest BCUT2D eigenvalue weighted by Crippen LogP contribution is -2.00.